The lowest BCUT2D eigenvalue weighted by atomic mass is 10.0. The fourth-order valence-corrected chi connectivity index (χ4v) is 2.46. The molecule has 0 aliphatic carbocycles. The van der Waals surface area contributed by atoms with Crippen molar-refractivity contribution in [1.82, 2.24) is 10.3 Å². The summed E-state index contributed by atoms with van der Waals surface area (Å²) in [6, 6.07) is 3.71. The fourth-order valence-electron chi connectivity index (χ4n) is 2.46. The van der Waals surface area contributed by atoms with Crippen LogP contribution in [0.1, 0.15) is 18.4 Å². The Morgan fingerprint density at radius 3 is 2.50 bits per heavy atom. The van der Waals surface area contributed by atoms with Gasteiger partial charge in [0.2, 0.25) is 5.91 Å². The first-order valence-electron chi connectivity index (χ1n) is 7.32. The van der Waals surface area contributed by atoms with Crippen LogP contribution >= 0.6 is 37.2 Å². The van der Waals surface area contributed by atoms with E-state index in [2.05, 4.69) is 21.3 Å². The lowest BCUT2D eigenvalue weighted by Gasteiger charge is -2.33. The van der Waals surface area contributed by atoms with E-state index in [0.717, 1.165) is 37.3 Å². The number of nitrogens with zero attached hydrogens (tertiary/aromatic N) is 2. The Morgan fingerprint density at radius 2 is 2.00 bits per heavy atom. The molecule has 1 aromatic heterocycles. The van der Waals surface area contributed by atoms with Gasteiger partial charge in [-0.1, -0.05) is 6.07 Å². The lowest BCUT2D eigenvalue weighted by molar-refractivity contribution is -0.124. The predicted octanol–water partition coefficient (Wildman–Crippen LogP) is 1.71. The SMILES string of the molecule is COCC(N)C(=O)NC1CCN(c2ccc(C)cn2)CC1.Cl.Cl.Cl. The predicted molar refractivity (Wildman–Crippen MR) is 104 cm³/mol. The summed E-state index contributed by atoms with van der Waals surface area (Å²) in [7, 11) is 1.54. The van der Waals surface area contributed by atoms with Crippen molar-refractivity contribution in [3.8, 4) is 0 Å². The van der Waals surface area contributed by atoms with Crippen molar-refractivity contribution in [3.63, 3.8) is 0 Å². The highest BCUT2D eigenvalue weighted by molar-refractivity contribution is 5.86. The smallest absolute Gasteiger partial charge is 0.239 e. The Labute approximate surface area is 162 Å². The van der Waals surface area contributed by atoms with Crippen LogP contribution in [0.2, 0.25) is 0 Å². The van der Waals surface area contributed by atoms with Gasteiger partial charge < -0.3 is 20.7 Å². The molecule has 0 bridgehead atoms. The number of piperidine rings is 1. The molecule has 1 saturated heterocycles. The van der Waals surface area contributed by atoms with Crippen LogP contribution in [-0.2, 0) is 9.53 Å². The van der Waals surface area contributed by atoms with Gasteiger partial charge in [0.05, 0.1) is 6.61 Å². The normalized spacial score (nSPS) is 15.4. The number of halogens is 3. The Morgan fingerprint density at radius 1 is 1.38 bits per heavy atom. The minimum Gasteiger partial charge on any atom is -0.383 e. The highest BCUT2D eigenvalue weighted by atomic mass is 35.5. The van der Waals surface area contributed by atoms with Crippen molar-refractivity contribution in [2.45, 2.75) is 31.8 Å². The van der Waals surface area contributed by atoms with Crippen molar-refractivity contribution >= 4 is 48.9 Å². The summed E-state index contributed by atoms with van der Waals surface area (Å²) in [6.45, 7) is 4.06. The number of anilines is 1. The maximum atomic E-state index is 11.8. The van der Waals surface area contributed by atoms with Gasteiger partial charge in [-0.3, -0.25) is 4.79 Å². The zero-order valence-corrected chi connectivity index (χ0v) is 16.4. The summed E-state index contributed by atoms with van der Waals surface area (Å²) in [4.78, 5) is 18.5. The van der Waals surface area contributed by atoms with Crippen LogP contribution < -0.4 is 16.0 Å². The number of pyridine rings is 1. The average Bonchev–Trinajstić information content (AvgIpc) is 2.49. The zero-order valence-electron chi connectivity index (χ0n) is 13.9. The van der Waals surface area contributed by atoms with E-state index in [9.17, 15) is 4.79 Å². The van der Waals surface area contributed by atoms with Crippen LogP contribution in [0.15, 0.2) is 18.3 Å². The quantitative estimate of drug-likeness (QED) is 0.785. The molecule has 0 aromatic carbocycles. The fraction of sp³-hybridized carbons (Fsp3) is 0.600. The summed E-state index contributed by atoms with van der Waals surface area (Å²) in [6.07, 6.45) is 3.69. The van der Waals surface area contributed by atoms with Crippen molar-refractivity contribution in [2.24, 2.45) is 5.73 Å². The zero-order chi connectivity index (χ0) is 15.2. The van der Waals surface area contributed by atoms with Gasteiger partial charge >= 0.3 is 0 Å². The average molecular weight is 402 g/mol. The van der Waals surface area contributed by atoms with E-state index < -0.39 is 6.04 Å². The molecule has 24 heavy (non-hydrogen) atoms. The Bertz CT molecular complexity index is 468. The summed E-state index contributed by atoms with van der Waals surface area (Å²) >= 11 is 0. The third-order valence-corrected chi connectivity index (χ3v) is 3.74. The number of aryl methyl sites for hydroxylation is 1. The third kappa shape index (κ3) is 7.40. The Hall–Kier alpha value is -0.790. The van der Waals surface area contributed by atoms with E-state index in [1.165, 1.54) is 0 Å². The van der Waals surface area contributed by atoms with Gasteiger partial charge in [-0.15, -0.1) is 37.2 Å². The molecule has 1 atom stereocenters. The maximum Gasteiger partial charge on any atom is 0.239 e. The van der Waals surface area contributed by atoms with Crippen LogP contribution in [0.25, 0.3) is 0 Å². The number of hydrogen-bond donors (Lipinski definition) is 2. The molecule has 1 aliphatic heterocycles. The Kier molecular flexibility index (Phi) is 13.3. The number of nitrogens with one attached hydrogen (secondary N) is 1. The standard InChI is InChI=1S/C15H24N4O2.3ClH/c1-11-3-4-14(17-9-11)19-7-5-12(6-8-19)18-15(20)13(16)10-21-2;;;/h3-4,9,12-13H,5-8,10,16H2,1-2H3,(H,18,20);3*1H. The molecule has 1 aromatic rings. The second kappa shape index (κ2) is 12.6. The maximum absolute atomic E-state index is 11.8. The van der Waals surface area contributed by atoms with Gasteiger partial charge in [-0.2, -0.15) is 0 Å². The monoisotopic (exact) mass is 400 g/mol. The second-order valence-corrected chi connectivity index (χ2v) is 5.53. The molecule has 2 rings (SSSR count). The van der Waals surface area contributed by atoms with E-state index >= 15 is 0 Å². The molecule has 140 valence electrons. The van der Waals surface area contributed by atoms with Crippen molar-refractivity contribution < 1.29 is 9.53 Å². The van der Waals surface area contributed by atoms with Gasteiger partial charge in [-0.05, 0) is 31.4 Å². The Balaban J connectivity index is 0. The molecule has 6 nitrogen and oxygen atoms in total. The van der Waals surface area contributed by atoms with E-state index in [0.29, 0.717) is 0 Å². The van der Waals surface area contributed by atoms with Crippen LogP contribution in [0, 0.1) is 6.92 Å². The summed E-state index contributed by atoms with van der Waals surface area (Å²) in [5.41, 5.74) is 6.88. The molecular formula is C15H27Cl3N4O2. The van der Waals surface area contributed by atoms with Crippen molar-refractivity contribution in [2.75, 3.05) is 31.7 Å². The minimum atomic E-state index is -0.591. The van der Waals surface area contributed by atoms with Crippen molar-refractivity contribution in [1.29, 1.82) is 0 Å². The number of rotatable bonds is 5. The first kappa shape index (κ1) is 25.5. The first-order valence-corrected chi connectivity index (χ1v) is 7.32. The molecule has 0 spiro atoms. The highest BCUT2D eigenvalue weighted by Crippen LogP contribution is 2.18. The second-order valence-electron chi connectivity index (χ2n) is 5.53. The number of nitrogens with two attached hydrogens (primary N) is 1. The minimum absolute atomic E-state index is 0. The number of aromatic nitrogens is 1. The topological polar surface area (TPSA) is 80.5 Å². The molecule has 1 amide bonds. The summed E-state index contributed by atoms with van der Waals surface area (Å²) in [5.74, 6) is 0.866. The summed E-state index contributed by atoms with van der Waals surface area (Å²) in [5, 5.41) is 2.99. The molecule has 1 aliphatic rings. The largest absolute Gasteiger partial charge is 0.383 e. The van der Waals surface area contributed by atoms with E-state index in [4.69, 9.17) is 10.5 Å². The molecule has 0 radical (unpaired) electrons. The van der Waals surface area contributed by atoms with E-state index in [1.807, 2.05) is 19.2 Å². The van der Waals surface area contributed by atoms with E-state index in [-0.39, 0.29) is 55.8 Å². The molecule has 2 heterocycles. The third-order valence-electron chi connectivity index (χ3n) is 3.74. The van der Waals surface area contributed by atoms with Crippen LogP contribution in [0.5, 0.6) is 0 Å². The van der Waals surface area contributed by atoms with Gasteiger partial charge in [0.25, 0.3) is 0 Å². The van der Waals surface area contributed by atoms with Gasteiger partial charge in [0.15, 0.2) is 0 Å². The number of methoxy groups -OCH3 is 1. The van der Waals surface area contributed by atoms with E-state index in [1.54, 1.807) is 7.11 Å². The molecule has 1 fully saturated rings. The van der Waals surface area contributed by atoms with Crippen molar-refractivity contribution in [3.05, 3.63) is 23.9 Å². The number of hydrogen-bond acceptors (Lipinski definition) is 5. The molecule has 1 unspecified atom stereocenters. The highest BCUT2D eigenvalue weighted by Gasteiger charge is 2.23. The first-order chi connectivity index (χ1) is 10.1. The van der Waals surface area contributed by atoms with Crippen LogP contribution in [-0.4, -0.2) is 49.8 Å². The van der Waals surface area contributed by atoms with Crippen LogP contribution in [0.3, 0.4) is 0 Å². The lowest BCUT2D eigenvalue weighted by Crippen LogP contribution is -2.51. The van der Waals surface area contributed by atoms with Gasteiger partial charge in [-0.25, -0.2) is 4.98 Å². The number of ether oxygens (including phenoxy) is 1. The number of carbonyl (C=O) groups is 1. The molecular weight excluding hydrogens is 375 g/mol. The molecule has 0 saturated carbocycles. The number of carbonyl (C=O) groups excluding carboxylic acids is 1. The molecule has 3 N–H and O–H groups in total. The van der Waals surface area contributed by atoms with Crippen LogP contribution in [0.4, 0.5) is 5.82 Å². The summed E-state index contributed by atoms with van der Waals surface area (Å²) < 4.78 is 4.90. The number of amides is 1. The molecule has 9 heteroatoms. The van der Waals surface area contributed by atoms with Gasteiger partial charge in [0, 0.05) is 32.4 Å². The van der Waals surface area contributed by atoms with Gasteiger partial charge in [0.1, 0.15) is 11.9 Å².